The summed E-state index contributed by atoms with van der Waals surface area (Å²) in [5, 5.41) is 12.8. The van der Waals surface area contributed by atoms with Gasteiger partial charge in [0, 0.05) is 12.1 Å². The predicted octanol–water partition coefficient (Wildman–Crippen LogP) is 2.81. The molecule has 0 radical (unpaired) electrons. The molecule has 0 spiro atoms. The lowest BCUT2D eigenvalue weighted by molar-refractivity contribution is 0.175. The van der Waals surface area contributed by atoms with Crippen molar-refractivity contribution in [2.45, 2.75) is 44.7 Å². The van der Waals surface area contributed by atoms with Gasteiger partial charge in [0.2, 0.25) is 0 Å². The molecule has 2 heteroatoms. The molecular weight excluding hydrogens is 186 g/mol. The summed E-state index contributed by atoms with van der Waals surface area (Å²) in [6.45, 7) is 3.16. The normalized spacial score (nSPS) is 18.5. The van der Waals surface area contributed by atoms with Crippen LogP contribution in [0.25, 0.3) is 0 Å². The van der Waals surface area contributed by atoms with Crippen molar-refractivity contribution in [2.75, 3.05) is 0 Å². The number of benzene rings is 1. The summed E-state index contributed by atoms with van der Waals surface area (Å²) in [6, 6.07) is 7.45. The van der Waals surface area contributed by atoms with Crippen molar-refractivity contribution in [1.82, 2.24) is 5.32 Å². The molecular formula is C13H19NO. The second-order valence-corrected chi connectivity index (χ2v) is 4.51. The standard InChI is InChI=1S/C13H19NO/c1-2-13(8-3-9-13)14-10-11-4-6-12(15)7-5-11/h4-7,14-15H,2-3,8-10H2,1H3. The van der Waals surface area contributed by atoms with Crippen molar-refractivity contribution in [2.24, 2.45) is 0 Å². The Balaban J connectivity index is 1.90. The highest BCUT2D eigenvalue weighted by Gasteiger charge is 2.33. The molecule has 0 unspecified atom stereocenters. The van der Waals surface area contributed by atoms with Crippen LogP contribution in [0.2, 0.25) is 0 Å². The molecule has 82 valence electrons. The van der Waals surface area contributed by atoms with Gasteiger partial charge in [0.1, 0.15) is 5.75 Å². The van der Waals surface area contributed by atoms with Crippen LogP contribution in [0.5, 0.6) is 5.75 Å². The first kappa shape index (κ1) is 10.5. The first-order valence-corrected chi connectivity index (χ1v) is 5.77. The smallest absolute Gasteiger partial charge is 0.115 e. The average molecular weight is 205 g/mol. The summed E-state index contributed by atoms with van der Waals surface area (Å²) < 4.78 is 0. The maximum absolute atomic E-state index is 9.17. The number of phenolic OH excluding ortho intramolecular Hbond substituents is 1. The zero-order valence-electron chi connectivity index (χ0n) is 9.29. The lowest BCUT2D eigenvalue weighted by atomic mass is 9.75. The highest BCUT2D eigenvalue weighted by atomic mass is 16.3. The van der Waals surface area contributed by atoms with Crippen LogP contribution in [0.3, 0.4) is 0 Å². The van der Waals surface area contributed by atoms with Gasteiger partial charge in [-0.2, -0.15) is 0 Å². The zero-order valence-corrected chi connectivity index (χ0v) is 9.29. The Bertz CT molecular complexity index is 308. The van der Waals surface area contributed by atoms with Crippen LogP contribution in [0, 0.1) is 0 Å². The third-order valence-electron chi connectivity index (χ3n) is 3.59. The van der Waals surface area contributed by atoms with Gasteiger partial charge in [0.25, 0.3) is 0 Å². The van der Waals surface area contributed by atoms with Crippen LogP contribution >= 0.6 is 0 Å². The fourth-order valence-electron chi connectivity index (χ4n) is 2.16. The number of hydrogen-bond acceptors (Lipinski definition) is 2. The van der Waals surface area contributed by atoms with Crippen molar-refractivity contribution in [3.8, 4) is 5.75 Å². The molecule has 0 atom stereocenters. The van der Waals surface area contributed by atoms with Gasteiger partial charge in [-0.25, -0.2) is 0 Å². The van der Waals surface area contributed by atoms with E-state index in [9.17, 15) is 0 Å². The summed E-state index contributed by atoms with van der Waals surface area (Å²) in [7, 11) is 0. The average Bonchev–Trinajstić information content (AvgIpc) is 2.20. The van der Waals surface area contributed by atoms with Crippen molar-refractivity contribution >= 4 is 0 Å². The largest absolute Gasteiger partial charge is 0.508 e. The third-order valence-corrected chi connectivity index (χ3v) is 3.59. The van der Waals surface area contributed by atoms with Gasteiger partial charge in [0.15, 0.2) is 0 Å². The molecule has 1 saturated carbocycles. The van der Waals surface area contributed by atoms with E-state index in [1.807, 2.05) is 12.1 Å². The molecule has 0 aliphatic heterocycles. The minimum Gasteiger partial charge on any atom is -0.508 e. The predicted molar refractivity (Wildman–Crippen MR) is 61.8 cm³/mol. The van der Waals surface area contributed by atoms with E-state index in [0.29, 0.717) is 11.3 Å². The van der Waals surface area contributed by atoms with E-state index < -0.39 is 0 Å². The van der Waals surface area contributed by atoms with Gasteiger partial charge < -0.3 is 10.4 Å². The molecule has 15 heavy (non-hydrogen) atoms. The lowest BCUT2D eigenvalue weighted by Crippen LogP contribution is -2.49. The van der Waals surface area contributed by atoms with Gasteiger partial charge in [-0.3, -0.25) is 0 Å². The van der Waals surface area contributed by atoms with Crippen LogP contribution in [0.15, 0.2) is 24.3 Å². The van der Waals surface area contributed by atoms with Gasteiger partial charge >= 0.3 is 0 Å². The van der Waals surface area contributed by atoms with Crippen LogP contribution in [-0.2, 0) is 6.54 Å². The topological polar surface area (TPSA) is 32.3 Å². The Hall–Kier alpha value is -1.02. The Kier molecular flexibility index (Phi) is 2.96. The number of hydrogen-bond donors (Lipinski definition) is 2. The fourth-order valence-corrected chi connectivity index (χ4v) is 2.16. The van der Waals surface area contributed by atoms with Crippen molar-refractivity contribution in [3.05, 3.63) is 29.8 Å². The Labute approximate surface area is 91.3 Å². The van der Waals surface area contributed by atoms with Gasteiger partial charge in [0.05, 0.1) is 0 Å². The van der Waals surface area contributed by atoms with Crippen LogP contribution in [0.1, 0.15) is 38.2 Å². The molecule has 0 saturated heterocycles. The molecule has 1 aliphatic carbocycles. The summed E-state index contributed by atoms with van der Waals surface area (Å²) in [4.78, 5) is 0. The molecule has 1 aromatic carbocycles. The van der Waals surface area contributed by atoms with E-state index in [0.717, 1.165) is 6.54 Å². The van der Waals surface area contributed by atoms with E-state index in [2.05, 4.69) is 12.2 Å². The Morgan fingerprint density at radius 1 is 1.27 bits per heavy atom. The first-order chi connectivity index (χ1) is 7.24. The van der Waals surface area contributed by atoms with Crippen molar-refractivity contribution in [3.63, 3.8) is 0 Å². The second-order valence-electron chi connectivity index (χ2n) is 4.51. The minimum atomic E-state index is 0.340. The summed E-state index contributed by atoms with van der Waals surface area (Å²) in [5.74, 6) is 0.340. The van der Waals surface area contributed by atoms with E-state index in [4.69, 9.17) is 5.11 Å². The molecule has 1 aromatic rings. The quantitative estimate of drug-likeness (QED) is 0.792. The molecule has 2 nitrogen and oxygen atoms in total. The van der Waals surface area contributed by atoms with Crippen LogP contribution in [-0.4, -0.2) is 10.6 Å². The van der Waals surface area contributed by atoms with Crippen LogP contribution in [0.4, 0.5) is 0 Å². The fraction of sp³-hybridized carbons (Fsp3) is 0.538. The molecule has 0 bridgehead atoms. The highest BCUT2D eigenvalue weighted by Crippen LogP contribution is 2.34. The Morgan fingerprint density at radius 3 is 2.40 bits per heavy atom. The summed E-state index contributed by atoms with van der Waals surface area (Å²) in [6.07, 6.45) is 5.19. The minimum absolute atomic E-state index is 0.340. The van der Waals surface area contributed by atoms with Crippen molar-refractivity contribution < 1.29 is 5.11 Å². The maximum atomic E-state index is 9.17. The Morgan fingerprint density at radius 2 is 1.93 bits per heavy atom. The zero-order chi connectivity index (χ0) is 10.7. The summed E-state index contributed by atoms with van der Waals surface area (Å²) >= 11 is 0. The SMILES string of the molecule is CCC1(NCc2ccc(O)cc2)CCC1. The van der Waals surface area contributed by atoms with Gasteiger partial charge in [-0.1, -0.05) is 19.1 Å². The molecule has 2 rings (SSSR count). The summed E-state index contributed by atoms with van der Waals surface area (Å²) in [5.41, 5.74) is 1.64. The number of nitrogens with one attached hydrogen (secondary N) is 1. The molecule has 2 N–H and O–H groups in total. The highest BCUT2D eigenvalue weighted by molar-refractivity contribution is 5.25. The molecule has 0 amide bonds. The number of phenols is 1. The molecule has 1 fully saturated rings. The molecule has 0 heterocycles. The number of aromatic hydroxyl groups is 1. The van der Waals surface area contributed by atoms with E-state index in [-0.39, 0.29) is 0 Å². The van der Waals surface area contributed by atoms with E-state index >= 15 is 0 Å². The number of rotatable bonds is 4. The van der Waals surface area contributed by atoms with Gasteiger partial charge in [-0.15, -0.1) is 0 Å². The first-order valence-electron chi connectivity index (χ1n) is 5.77. The second kappa shape index (κ2) is 4.23. The monoisotopic (exact) mass is 205 g/mol. The van der Waals surface area contributed by atoms with Crippen molar-refractivity contribution in [1.29, 1.82) is 0 Å². The molecule has 0 aromatic heterocycles. The van der Waals surface area contributed by atoms with Gasteiger partial charge in [-0.05, 0) is 43.4 Å². The maximum Gasteiger partial charge on any atom is 0.115 e. The van der Waals surface area contributed by atoms with E-state index in [1.54, 1.807) is 12.1 Å². The van der Waals surface area contributed by atoms with E-state index in [1.165, 1.54) is 31.2 Å². The third kappa shape index (κ3) is 2.32. The molecule has 1 aliphatic rings. The lowest BCUT2D eigenvalue weighted by Gasteiger charge is -2.42. The van der Waals surface area contributed by atoms with Crippen LogP contribution < -0.4 is 5.32 Å².